The number of ether oxygens (including phenoxy) is 1. The van der Waals surface area contributed by atoms with Gasteiger partial charge in [0.25, 0.3) is 0 Å². The van der Waals surface area contributed by atoms with Crippen LogP contribution in [0.3, 0.4) is 0 Å². The van der Waals surface area contributed by atoms with Gasteiger partial charge in [-0.05, 0) is 26.7 Å². The summed E-state index contributed by atoms with van der Waals surface area (Å²) < 4.78 is 5.87. The first-order valence-corrected chi connectivity index (χ1v) is 5.01. The lowest BCUT2D eigenvalue weighted by Gasteiger charge is -2.27. The number of carbonyl (C=O) groups is 2. The van der Waals surface area contributed by atoms with Gasteiger partial charge in [0, 0.05) is 0 Å². The van der Waals surface area contributed by atoms with Gasteiger partial charge >= 0.3 is 0 Å². The summed E-state index contributed by atoms with van der Waals surface area (Å²) in [6.07, 6.45) is 1.76. The summed E-state index contributed by atoms with van der Waals surface area (Å²) in [6.45, 7) is 3.89. The van der Waals surface area contributed by atoms with Crippen LogP contribution in [-0.4, -0.2) is 23.0 Å². The summed E-state index contributed by atoms with van der Waals surface area (Å²) in [4.78, 5) is 23.2. The number of hydrogen-bond acceptors (Lipinski definition) is 3. The molecule has 4 atom stereocenters. The van der Waals surface area contributed by atoms with Crippen molar-refractivity contribution in [2.24, 2.45) is 11.8 Å². The van der Waals surface area contributed by atoms with Crippen LogP contribution in [0.1, 0.15) is 26.7 Å². The van der Waals surface area contributed by atoms with Crippen molar-refractivity contribution >= 4 is 11.8 Å². The minimum atomic E-state index is -0.407. The van der Waals surface area contributed by atoms with Gasteiger partial charge in [-0.2, -0.15) is 0 Å². The highest BCUT2D eigenvalue weighted by Gasteiger charge is 2.70. The molecule has 0 saturated carbocycles. The summed E-state index contributed by atoms with van der Waals surface area (Å²) in [7, 11) is 0. The Morgan fingerprint density at radius 3 is 2.00 bits per heavy atom. The Labute approximate surface area is 82.0 Å². The van der Waals surface area contributed by atoms with Gasteiger partial charge in [0.05, 0.1) is 23.0 Å². The Bertz CT molecular complexity index is 321. The Kier molecular flexibility index (Phi) is 1.22. The van der Waals surface area contributed by atoms with E-state index >= 15 is 0 Å². The van der Waals surface area contributed by atoms with Gasteiger partial charge in [-0.25, -0.2) is 0 Å². The van der Waals surface area contributed by atoms with Gasteiger partial charge < -0.3 is 4.74 Å². The molecule has 14 heavy (non-hydrogen) atoms. The molecule has 0 radical (unpaired) electrons. The molecule has 3 fully saturated rings. The maximum Gasteiger partial charge on any atom is 0.233 e. The van der Waals surface area contributed by atoms with Gasteiger partial charge in [0.15, 0.2) is 0 Å². The summed E-state index contributed by atoms with van der Waals surface area (Å²) in [6, 6.07) is 0. The van der Waals surface area contributed by atoms with Crippen molar-refractivity contribution in [1.82, 2.24) is 5.32 Å². The van der Waals surface area contributed by atoms with Crippen molar-refractivity contribution in [3.05, 3.63) is 0 Å². The van der Waals surface area contributed by atoms with Crippen LogP contribution >= 0.6 is 0 Å². The monoisotopic (exact) mass is 195 g/mol. The van der Waals surface area contributed by atoms with Crippen LogP contribution in [0.25, 0.3) is 0 Å². The van der Waals surface area contributed by atoms with Crippen LogP contribution in [-0.2, 0) is 14.3 Å². The van der Waals surface area contributed by atoms with E-state index in [0.29, 0.717) is 0 Å². The molecule has 1 N–H and O–H groups in total. The number of hydrogen-bond donors (Lipinski definition) is 1. The van der Waals surface area contributed by atoms with Crippen LogP contribution < -0.4 is 5.32 Å². The topological polar surface area (TPSA) is 55.4 Å². The van der Waals surface area contributed by atoms with Crippen molar-refractivity contribution in [2.45, 2.75) is 37.9 Å². The summed E-state index contributed by atoms with van der Waals surface area (Å²) in [5, 5.41) is 2.41. The second kappa shape index (κ2) is 2.03. The molecular weight excluding hydrogens is 182 g/mol. The molecular formula is C10H13NO3. The van der Waals surface area contributed by atoms with E-state index in [2.05, 4.69) is 5.32 Å². The molecule has 0 spiro atoms. The summed E-state index contributed by atoms with van der Waals surface area (Å²) in [5.74, 6) is -0.806. The molecule has 3 rings (SSSR count). The molecule has 4 nitrogen and oxygen atoms in total. The van der Waals surface area contributed by atoms with Crippen LogP contribution in [0.15, 0.2) is 0 Å². The van der Waals surface area contributed by atoms with Crippen molar-refractivity contribution in [3.8, 4) is 0 Å². The maximum absolute atomic E-state index is 11.6. The van der Waals surface area contributed by atoms with Gasteiger partial charge in [-0.1, -0.05) is 0 Å². The number of amides is 2. The van der Waals surface area contributed by atoms with Gasteiger partial charge in [0.2, 0.25) is 11.8 Å². The van der Waals surface area contributed by atoms with Crippen molar-refractivity contribution in [3.63, 3.8) is 0 Å². The number of imide groups is 1. The molecule has 4 heteroatoms. The van der Waals surface area contributed by atoms with E-state index in [1.807, 2.05) is 13.8 Å². The third-order valence-corrected chi connectivity index (χ3v) is 4.04. The van der Waals surface area contributed by atoms with Crippen LogP contribution in [0.4, 0.5) is 0 Å². The van der Waals surface area contributed by atoms with Crippen LogP contribution in [0.2, 0.25) is 0 Å². The first-order chi connectivity index (χ1) is 6.46. The zero-order valence-corrected chi connectivity index (χ0v) is 8.29. The maximum atomic E-state index is 11.6. The average Bonchev–Trinajstić information content (AvgIpc) is 2.60. The quantitative estimate of drug-likeness (QED) is 0.562. The lowest BCUT2D eigenvalue weighted by Crippen LogP contribution is -2.40. The van der Waals surface area contributed by atoms with E-state index in [1.54, 1.807) is 0 Å². The largest absolute Gasteiger partial charge is 0.367 e. The Morgan fingerprint density at radius 1 is 1.14 bits per heavy atom. The third-order valence-electron chi connectivity index (χ3n) is 4.04. The molecule has 3 heterocycles. The minimum absolute atomic E-state index is 0.147. The predicted octanol–water partition coefficient (Wildman–Crippen LogP) is 0.217. The lowest BCUT2D eigenvalue weighted by atomic mass is 9.69. The number of carbonyl (C=O) groups excluding carboxylic acids is 2. The second-order valence-electron chi connectivity index (χ2n) is 5.04. The van der Waals surface area contributed by atoms with Gasteiger partial charge in [-0.15, -0.1) is 0 Å². The molecule has 4 unspecified atom stereocenters. The second-order valence-corrected chi connectivity index (χ2v) is 5.04. The molecule has 2 bridgehead atoms. The van der Waals surface area contributed by atoms with E-state index in [0.717, 1.165) is 12.8 Å². The molecule has 2 amide bonds. The molecule has 0 aromatic heterocycles. The molecule has 0 aromatic carbocycles. The van der Waals surface area contributed by atoms with E-state index in [1.165, 1.54) is 0 Å². The van der Waals surface area contributed by atoms with Crippen molar-refractivity contribution in [1.29, 1.82) is 0 Å². The Balaban J connectivity index is 2.13. The lowest BCUT2D eigenvalue weighted by molar-refractivity contribution is -0.133. The zero-order chi connectivity index (χ0) is 10.1. The fourth-order valence-electron chi connectivity index (χ4n) is 3.41. The molecule has 76 valence electrons. The van der Waals surface area contributed by atoms with Crippen molar-refractivity contribution < 1.29 is 14.3 Å². The fourth-order valence-corrected chi connectivity index (χ4v) is 3.41. The number of nitrogens with one attached hydrogen (secondary N) is 1. The summed E-state index contributed by atoms with van der Waals surface area (Å²) >= 11 is 0. The molecule has 0 aliphatic carbocycles. The molecule has 3 saturated heterocycles. The standard InChI is InChI=1S/C10H13NO3/c1-9-3-4-10(2,14-9)6-5(9)7(12)11-8(6)13/h5-6H,3-4H2,1-2H3,(H,11,12,13). The Morgan fingerprint density at radius 2 is 1.57 bits per heavy atom. The number of fused-ring (bicyclic) bond motifs is 5. The average molecular weight is 195 g/mol. The van der Waals surface area contributed by atoms with E-state index in [9.17, 15) is 9.59 Å². The SMILES string of the molecule is CC12CCC(C)(O1)C1C(=O)NC(=O)C12. The minimum Gasteiger partial charge on any atom is -0.367 e. The van der Waals surface area contributed by atoms with E-state index in [4.69, 9.17) is 4.74 Å². The van der Waals surface area contributed by atoms with Crippen molar-refractivity contribution in [2.75, 3.05) is 0 Å². The molecule has 0 aromatic rings. The highest BCUT2D eigenvalue weighted by Crippen LogP contribution is 2.58. The highest BCUT2D eigenvalue weighted by molar-refractivity contribution is 6.07. The first-order valence-electron chi connectivity index (χ1n) is 5.01. The Hall–Kier alpha value is -0.900. The smallest absolute Gasteiger partial charge is 0.233 e. The van der Waals surface area contributed by atoms with Gasteiger partial charge in [0.1, 0.15) is 0 Å². The normalized spacial score (nSPS) is 55.0. The van der Waals surface area contributed by atoms with Crippen LogP contribution in [0.5, 0.6) is 0 Å². The zero-order valence-electron chi connectivity index (χ0n) is 8.29. The van der Waals surface area contributed by atoms with E-state index in [-0.39, 0.29) is 23.7 Å². The predicted molar refractivity (Wildman–Crippen MR) is 47.3 cm³/mol. The van der Waals surface area contributed by atoms with E-state index < -0.39 is 11.2 Å². The van der Waals surface area contributed by atoms with Gasteiger partial charge in [-0.3, -0.25) is 14.9 Å². The fraction of sp³-hybridized carbons (Fsp3) is 0.800. The molecule has 3 aliphatic rings. The summed E-state index contributed by atoms with van der Waals surface area (Å²) in [5.41, 5.74) is -0.814. The van der Waals surface area contributed by atoms with Crippen LogP contribution in [0, 0.1) is 11.8 Å². The third kappa shape index (κ3) is 0.704. The number of rotatable bonds is 0. The highest BCUT2D eigenvalue weighted by atomic mass is 16.5. The first kappa shape index (κ1) is 8.41. The molecule has 3 aliphatic heterocycles.